The Hall–Kier alpha value is -1.28. The second kappa shape index (κ2) is 2.99. The number of hydrazone groups is 1. The van der Waals surface area contributed by atoms with Crippen LogP contribution >= 0.6 is 11.6 Å². The maximum atomic E-state index is 5.83. The lowest BCUT2D eigenvalue weighted by molar-refractivity contribution is 1.04. The van der Waals surface area contributed by atoms with Crippen molar-refractivity contribution in [2.24, 2.45) is 5.10 Å². The number of benzene rings is 1. The number of halogens is 1. The highest BCUT2D eigenvalue weighted by molar-refractivity contribution is 6.30. The highest BCUT2D eigenvalue weighted by atomic mass is 35.5. The maximum absolute atomic E-state index is 5.83. The SMILES string of the molecule is Clc1ccc2c(c1)=CNN=CC=2. The highest BCUT2D eigenvalue weighted by Gasteiger charge is 1.89. The van der Waals surface area contributed by atoms with Crippen molar-refractivity contribution in [1.82, 2.24) is 5.43 Å². The number of hydrogen-bond donors (Lipinski definition) is 1. The Labute approximate surface area is 74.9 Å². The lowest BCUT2D eigenvalue weighted by Crippen LogP contribution is -2.24. The minimum Gasteiger partial charge on any atom is -0.285 e. The van der Waals surface area contributed by atoms with Crippen molar-refractivity contribution in [3.63, 3.8) is 0 Å². The largest absolute Gasteiger partial charge is 0.285 e. The van der Waals surface area contributed by atoms with Crippen LogP contribution in [0.2, 0.25) is 5.02 Å². The molecule has 0 aromatic heterocycles. The number of fused-ring (bicyclic) bond motifs is 1. The van der Waals surface area contributed by atoms with Gasteiger partial charge in [-0.2, -0.15) is 5.10 Å². The molecule has 0 unspecified atom stereocenters. The van der Waals surface area contributed by atoms with Crippen LogP contribution in [0.1, 0.15) is 0 Å². The summed E-state index contributed by atoms with van der Waals surface area (Å²) in [5, 5.41) is 6.80. The quantitative estimate of drug-likeness (QED) is 0.613. The van der Waals surface area contributed by atoms with E-state index in [0.717, 1.165) is 15.5 Å². The first-order chi connectivity index (χ1) is 5.86. The number of hydrogen-bond acceptors (Lipinski definition) is 2. The Morgan fingerprint density at radius 1 is 1.25 bits per heavy atom. The van der Waals surface area contributed by atoms with E-state index in [0.29, 0.717) is 0 Å². The number of rotatable bonds is 0. The molecule has 2 nitrogen and oxygen atoms in total. The molecule has 0 atom stereocenters. The van der Waals surface area contributed by atoms with Gasteiger partial charge in [0, 0.05) is 22.7 Å². The molecule has 0 saturated carbocycles. The Kier molecular flexibility index (Phi) is 1.84. The molecule has 0 fully saturated rings. The van der Waals surface area contributed by atoms with Gasteiger partial charge in [0.15, 0.2) is 0 Å². The van der Waals surface area contributed by atoms with Crippen molar-refractivity contribution >= 4 is 30.1 Å². The van der Waals surface area contributed by atoms with Crippen LogP contribution in [-0.4, -0.2) is 6.21 Å². The predicted octanol–water partition coefficient (Wildman–Crippen LogP) is 0.447. The van der Waals surface area contributed by atoms with Gasteiger partial charge >= 0.3 is 0 Å². The molecule has 1 aliphatic rings. The van der Waals surface area contributed by atoms with Crippen molar-refractivity contribution < 1.29 is 0 Å². The monoisotopic (exact) mass is 178 g/mol. The Bertz CT molecular complexity index is 434. The van der Waals surface area contributed by atoms with Gasteiger partial charge in [-0.15, -0.1) is 0 Å². The fraction of sp³-hybridized carbons (Fsp3) is 0. The van der Waals surface area contributed by atoms with Gasteiger partial charge < -0.3 is 0 Å². The van der Waals surface area contributed by atoms with E-state index in [2.05, 4.69) is 10.5 Å². The van der Waals surface area contributed by atoms with Crippen molar-refractivity contribution in [2.45, 2.75) is 0 Å². The molecule has 1 aromatic carbocycles. The lowest BCUT2D eigenvalue weighted by Gasteiger charge is -1.90. The van der Waals surface area contributed by atoms with Crippen LogP contribution in [0.5, 0.6) is 0 Å². The minimum atomic E-state index is 0.738. The number of nitrogens with one attached hydrogen (secondary N) is 1. The fourth-order valence-electron chi connectivity index (χ4n) is 1.09. The van der Waals surface area contributed by atoms with Crippen LogP contribution in [0.15, 0.2) is 23.3 Å². The van der Waals surface area contributed by atoms with Gasteiger partial charge in [0.25, 0.3) is 0 Å². The molecule has 1 heterocycles. The van der Waals surface area contributed by atoms with E-state index in [9.17, 15) is 0 Å². The van der Waals surface area contributed by atoms with E-state index >= 15 is 0 Å². The van der Waals surface area contributed by atoms with Crippen molar-refractivity contribution in [2.75, 3.05) is 0 Å². The van der Waals surface area contributed by atoms with E-state index < -0.39 is 0 Å². The molecule has 60 valence electrons. The molecule has 0 bridgehead atoms. The van der Waals surface area contributed by atoms with Crippen LogP contribution < -0.4 is 15.9 Å². The molecule has 12 heavy (non-hydrogen) atoms. The average molecular weight is 179 g/mol. The van der Waals surface area contributed by atoms with Gasteiger partial charge in [-0.3, -0.25) is 5.43 Å². The molecule has 0 saturated heterocycles. The Morgan fingerprint density at radius 3 is 3.08 bits per heavy atom. The van der Waals surface area contributed by atoms with Crippen LogP contribution in [0.25, 0.3) is 12.3 Å². The third kappa shape index (κ3) is 1.34. The highest BCUT2D eigenvalue weighted by Crippen LogP contribution is 1.99. The van der Waals surface area contributed by atoms with Crippen LogP contribution in [-0.2, 0) is 0 Å². The Morgan fingerprint density at radius 2 is 2.17 bits per heavy atom. The number of nitrogens with zero attached hydrogens (tertiary/aromatic N) is 1. The molecule has 0 spiro atoms. The maximum Gasteiger partial charge on any atom is 0.0478 e. The average Bonchev–Trinajstić information content (AvgIpc) is 2.28. The second-order valence-corrected chi connectivity index (χ2v) is 2.93. The summed E-state index contributed by atoms with van der Waals surface area (Å²) in [6, 6.07) is 5.73. The van der Waals surface area contributed by atoms with Crippen molar-refractivity contribution in [3.05, 3.63) is 33.7 Å². The van der Waals surface area contributed by atoms with Gasteiger partial charge in [0.1, 0.15) is 0 Å². The van der Waals surface area contributed by atoms with Crippen molar-refractivity contribution in [3.8, 4) is 0 Å². The first kappa shape index (κ1) is 7.37. The summed E-state index contributed by atoms with van der Waals surface area (Å²) in [5.74, 6) is 0. The van der Waals surface area contributed by atoms with Gasteiger partial charge in [0.05, 0.1) is 0 Å². The Balaban J connectivity index is 2.78. The van der Waals surface area contributed by atoms with Gasteiger partial charge in [-0.05, 0) is 23.4 Å². The van der Waals surface area contributed by atoms with E-state index in [4.69, 9.17) is 11.6 Å². The molecule has 0 aliphatic carbocycles. The van der Waals surface area contributed by atoms with E-state index in [1.807, 2.05) is 30.5 Å². The first-order valence-corrected chi connectivity index (χ1v) is 3.99. The second-order valence-electron chi connectivity index (χ2n) is 2.49. The van der Waals surface area contributed by atoms with E-state index in [-0.39, 0.29) is 0 Å². The standard InChI is InChI=1S/C9H7ClN2/c10-9-2-1-7-3-4-11-12-6-8(7)5-9/h1-6,12H. The predicted molar refractivity (Wildman–Crippen MR) is 51.3 cm³/mol. The summed E-state index contributed by atoms with van der Waals surface area (Å²) in [7, 11) is 0. The summed E-state index contributed by atoms with van der Waals surface area (Å²) in [6.07, 6.45) is 5.47. The fourth-order valence-corrected chi connectivity index (χ4v) is 1.27. The summed E-state index contributed by atoms with van der Waals surface area (Å²) >= 11 is 5.83. The van der Waals surface area contributed by atoms with Crippen LogP contribution in [0.3, 0.4) is 0 Å². The van der Waals surface area contributed by atoms with Crippen LogP contribution in [0.4, 0.5) is 0 Å². The van der Waals surface area contributed by atoms with Crippen LogP contribution in [0, 0.1) is 0 Å². The molecule has 0 amide bonds. The first-order valence-electron chi connectivity index (χ1n) is 3.61. The molecular weight excluding hydrogens is 172 g/mol. The summed E-state index contributed by atoms with van der Waals surface area (Å²) in [6.45, 7) is 0. The summed E-state index contributed by atoms with van der Waals surface area (Å²) < 4.78 is 0. The topological polar surface area (TPSA) is 24.4 Å². The summed E-state index contributed by atoms with van der Waals surface area (Å²) in [4.78, 5) is 0. The van der Waals surface area contributed by atoms with Gasteiger partial charge in [0.2, 0.25) is 0 Å². The minimum absolute atomic E-state index is 0.738. The van der Waals surface area contributed by atoms with Gasteiger partial charge in [-0.1, -0.05) is 17.7 Å². The zero-order valence-electron chi connectivity index (χ0n) is 6.29. The molecule has 1 aliphatic heterocycles. The third-order valence-electron chi connectivity index (χ3n) is 1.67. The normalized spacial score (nSPS) is 13.4. The zero-order valence-corrected chi connectivity index (χ0v) is 7.05. The molecular formula is C9H7ClN2. The summed E-state index contributed by atoms with van der Waals surface area (Å²) in [5.41, 5.74) is 2.79. The third-order valence-corrected chi connectivity index (χ3v) is 1.91. The van der Waals surface area contributed by atoms with E-state index in [1.165, 1.54) is 0 Å². The van der Waals surface area contributed by atoms with Crippen molar-refractivity contribution in [1.29, 1.82) is 0 Å². The molecule has 0 radical (unpaired) electrons. The molecule has 1 aromatic rings. The van der Waals surface area contributed by atoms with E-state index in [1.54, 1.807) is 6.21 Å². The molecule has 1 N–H and O–H groups in total. The van der Waals surface area contributed by atoms with Gasteiger partial charge in [-0.25, -0.2) is 0 Å². The smallest absolute Gasteiger partial charge is 0.0478 e. The molecule has 2 rings (SSSR count). The zero-order chi connectivity index (χ0) is 8.39. The molecule has 3 heteroatoms. The lowest BCUT2D eigenvalue weighted by atomic mass is 10.2.